The third-order valence-electron chi connectivity index (χ3n) is 6.21. The van der Waals surface area contributed by atoms with E-state index in [4.69, 9.17) is 9.47 Å². The molecule has 1 unspecified atom stereocenters. The highest BCUT2D eigenvalue weighted by Crippen LogP contribution is 2.38. The molecule has 1 aromatic rings. The molecule has 8 heteroatoms. The molecule has 1 saturated carbocycles. The monoisotopic (exact) mass is 432 g/mol. The van der Waals surface area contributed by atoms with Crippen molar-refractivity contribution in [1.29, 1.82) is 0 Å². The summed E-state index contributed by atoms with van der Waals surface area (Å²) in [4.78, 5) is 39.2. The second kappa shape index (κ2) is 9.39. The Labute approximate surface area is 181 Å². The van der Waals surface area contributed by atoms with E-state index in [1.165, 1.54) is 32.1 Å². The van der Waals surface area contributed by atoms with Crippen molar-refractivity contribution in [1.82, 2.24) is 9.80 Å². The summed E-state index contributed by atoms with van der Waals surface area (Å²) in [6.07, 6.45) is 6.17. The van der Waals surface area contributed by atoms with Gasteiger partial charge in [-0.15, -0.1) is 0 Å². The topological polar surface area (TPSA) is 76.2 Å². The molecular weight excluding hydrogens is 404 g/mol. The molecule has 4 rings (SSSR count). The van der Waals surface area contributed by atoms with Gasteiger partial charge >= 0.3 is 0 Å². The van der Waals surface area contributed by atoms with Crippen LogP contribution in [0, 0.1) is 5.92 Å². The Balaban J connectivity index is 1.50. The molecule has 0 radical (unpaired) electrons. The smallest absolute Gasteiger partial charge is 0.289 e. The normalized spacial score (nSPS) is 21.2. The molecule has 2 heterocycles. The lowest BCUT2D eigenvalue weighted by atomic mass is 9.82. The lowest BCUT2D eigenvalue weighted by molar-refractivity contribution is -0.137. The van der Waals surface area contributed by atoms with Crippen LogP contribution in [0.4, 0.5) is 4.79 Å². The number of rotatable bonds is 5. The summed E-state index contributed by atoms with van der Waals surface area (Å²) in [5, 5.41) is -0.350. The molecule has 2 aliphatic heterocycles. The van der Waals surface area contributed by atoms with Crippen molar-refractivity contribution in [3.8, 4) is 5.75 Å². The second-order valence-corrected chi connectivity index (χ2v) is 9.05. The van der Waals surface area contributed by atoms with Crippen LogP contribution in [0.3, 0.4) is 0 Å². The van der Waals surface area contributed by atoms with Crippen LogP contribution >= 0.6 is 11.8 Å². The minimum Gasteiger partial charge on any atom is -0.491 e. The van der Waals surface area contributed by atoms with Gasteiger partial charge in [0.05, 0.1) is 18.4 Å². The number of benzene rings is 1. The standard InChI is InChI=1S/C22H28N2O5S/c1-28-21(15-5-3-2-4-6-15)16-7-8-18-17(11-16)12-23(9-10-29-18)19(25)13-24-20(26)14-30-22(24)27/h7-8,11,15,21H,2-6,9-10,12-14H2,1H3. The summed E-state index contributed by atoms with van der Waals surface area (Å²) >= 11 is 0.944. The number of hydrogen-bond donors (Lipinski definition) is 0. The summed E-state index contributed by atoms with van der Waals surface area (Å²) in [6, 6.07) is 6.13. The van der Waals surface area contributed by atoms with E-state index in [1.54, 1.807) is 12.0 Å². The Bertz CT molecular complexity index is 808. The van der Waals surface area contributed by atoms with E-state index in [9.17, 15) is 14.4 Å². The Hall–Kier alpha value is -2.06. The molecular formula is C22H28N2O5S. The average Bonchev–Trinajstić information content (AvgIpc) is 2.95. The number of carbonyl (C=O) groups excluding carboxylic acids is 3. The van der Waals surface area contributed by atoms with E-state index in [1.807, 2.05) is 6.07 Å². The molecule has 0 bridgehead atoms. The molecule has 1 aromatic carbocycles. The van der Waals surface area contributed by atoms with Crippen LogP contribution in [0.15, 0.2) is 18.2 Å². The van der Waals surface area contributed by atoms with E-state index in [0.717, 1.165) is 33.5 Å². The maximum Gasteiger partial charge on any atom is 0.289 e. The quantitative estimate of drug-likeness (QED) is 0.710. The number of carbonyl (C=O) groups is 3. The first-order chi connectivity index (χ1) is 14.6. The van der Waals surface area contributed by atoms with Crippen molar-refractivity contribution in [2.75, 3.05) is 32.6 Å². The van der Waals surface area contributed by atoms with Crippen LogP contribution in [0.1, 0.15) is 49.3 Å². The first-order valence-corrected chi connectivity index (χ1v) is 11.6. The molecule has 0 N–H and O–H groups in total. The highest BCUT2D eigenvalue weighted by molar-refractivity contribution is 8.14. The molecule has 0 aromatic heterocycles. The zero-order valence-corrected chi connectivity index (χ0v) is 18.1. The number of amides is 3. The number of nitrogens with zero attached hydrogens (tertiary/aromatic N) is 2. The van der Waals surface area contributed by atoms with Gasteiger partial charge in [0.15, 0.2) is 0 Å². The van der Waals surface area contributed by atoms with Crippen LogP contribution in [0.25, 0.3) is 0 Å². The summed E-state index contributed by atoms with van der Waals surface area (Å²) < 4.78 is 11.7. The van der Waals surface area contributed by atoms with Crippen LogP contribution in [0.5, 0.6) is 5.75 Å². The highest BCUT2D eigenvalue weighted by Gasteiger charge is 2.33. The summed E-state index contributed by atoms with van der Waals surface area (Å²) in [5.74, 6) is 0.854. The number of imide groups is 1. The van der Waals surface area contributed by atoms with Crippen LogP contribution in [-0.4, -0.2) is 59.4 Å². The third kappa shape index (κ3) is 4.49. The summed E-state index contributed by atoms with van der Waals surface area (Å²) in [5.41, 5.74) is 2.05. The van der Waals surface area contributed by atoms with Crippen LogP contribution in [-0.2, 0) is 20.9 Å². The molecule has 2 fully saturated rings. The number of hydrogen-bond acceptors (Lipinski definition) is 6. The highest BCUT2D eigenvalue weighted by atomic mass is 32.2. The third-order valence-corrected chi connectivity index (χ3v) is 7.07. The van der Waals surface area contributed by atoms with Gasteiger partial charge in [0, 0.05) is 19.2 Å². The van der Waals surface area contributed by atoms with Crippen LogP contribution in [0.2, 0.25) is 0 Å². The van der Waals surface area contributed by atoms with Gasteiger partial charge in [-0.25, -0.2) is 0 Å². The maximum absolute atomic E-state index is 12.8. The first kappa shape index (κ1) is 21.2. The average molecular weight is 433 g/mol. The Morgan fingerprint density at radius 2 is 2.07 bits per heavy atom. The van der Waals surface area contributed by atoms with Gasteiger partial charge in [0.1, 0.15) is 18.9 Å². The number of fused-ring (bicyclic) bond motifs is 1. The zero-order chi connectivity index (χ0) is 21.1. The van der Waals surface area contributed by atoms with E-state index in [0.29, 0.717) is 25.6 Å². The largest absolute Gasteiger partial charge is 0.491 e. The minimum atomic E-state index is -0.350. The molecule has 3 aliphatic rings. The Kier molecular flexibility index (Phi) is 6.63. The SMILES string of the molecule is COC(c1ccc2c(c1)CN(C(=O)CN1C(=O)CSC1=O)CCO2)C1CCCCC1. The molecule has 3 amide bonds. The predicted molar refractivity (Wildman–Crippen MR) is 113 cm³/mol. The molecule has 0 spiro atoms. The predicted octanol–water partition coefficient (Wildman–Crippen LogP) is 3.37. The fourth-order valence-corrected chi connectivity index (χ4v) is 5.34. The van der Waals surface area contributed by atoms with E-state index >= 15 is 0 Å². The number of ether oxygens (including phenoxy) is 2. The molecule has 1 aliphatic carbocycles. The van der Waals surface area contributed by atoms with E-state index in [2.05, 4.69) is 12.1 Å². The van der Waals surface area contributed by atoms with Crippen molar-refractivity contribution < 1.29 is 23.9 Å². The Morgan fingerprint density at radius 1 is 1.27 bits per heavy atom. The first-order valence-electron chi connectivity index (χ1n) is 10.6. The lowest BCUT2D eigenvalue weighted by Crippen LogP contribution is -2.42. The zero-order valence-electron chi connectivity index (χ0n) is 17.3. The van der Waals surface area contributed by atoms with Gasteiger partial charge in [-0.2, -0.15) is 0 Å². The van der Waals surface area contributed by atoms with Gasteiger partial charge in [-0.05, 0) is 36.5 Å². The fraction of sp³-hybridized carbons (Fsp3) is 0.591. The summed E-state index contributed by atoms with van der Waals surface area (Å²) in [7, 11) is 1.76. The van der Waals surface area contributed by atoms with Gasteiger partial charge in [-0.3, -0.25) is 19.3 Å². The van der Waals surface area contributed by atoms with Gasteiger partial charge in [0.25, 0.3) is 5.24 Å². The maximum atomic E-state index is 12.8. The molecule has 162 valence electrons. The Morgan fingerprint density at radius 3 is 2.77 bits per heavy atom. The van der Waals surface area contributed by atoms with Gasteiger partial charge in [0.2, 0.25) is 11.8 Å². The fourth-order valence-electron chi connectivity index (χ4n) is 4.61. The van der Waals surface area contributed by atoms with Crippen molar-refractivity contribution in [3.05, 3.63) is 29.3 Å². The van der Waals surface area contributed by atoms with Crippen molar-refractivity contribution in [2.45, 2.75) is 44.8 Å². The second-order valence-electron chi connectivity index (χ2n) is 8.12. The number of thioether (sulfide) groups is 1. The lowest BCUT2D eigenvalue weighted by Gasteiger charge is -2.30. The van der Waals surface area contributed by atoms with Gasteiger partial charge < -0.3 is 14.4 Å². The molecule has 7 nitrogen and oxygen atoms in total. The van der Waals surface area contributed by atoms with Crippen molar-refractivity contribution in [3.63, 3.8) is 0 Å². The van der Waals surface area contributed by atoms with E-state index < -0.39 is 0 Å². The van der Waals surface area contributed by atoms with Gasteiger partial charge in [-0.1, -0.05) is 37.1 Å². The molecule has 1 atom stereocenters. The van der Waals surface area contributed by atoms with Crippen molar-refractivity contribution >= 4 is 28.8 Å². The van der Waals surface area contributed by atoms with E-state index in [-0.39, 0.29) is 35.5 Å². The molecule has 30 heavy (non-hydrogen) atoms. The number of methoxy groups -OCH3 is 1. The van der Waals surface area contributed by atoms with Crippen LogP contribution < -0.4 is 4.74 Å². The van der Waals surface area contributed by atoms with Crippen molar-refractivity contribution in [2.24, 2.45) is 5.92 Å². The minimum absolute atomic E-state index is 0.0415. The summed E-state index contributed by atoms with van der Waals surface area (Å²) in [6.45, 7) is 0.989. The molecule has 1 saturated heterocycles.